The molecule has 0 saturated carbocycles. The lowest BCUT2D eigenvalue weighted by molar-refractivity contribution is -0.0416. The molecule has 5 nitrogen and oxygen atoms in total. The molecule has 0 spiro atoms. The van der Waals surface area contributed by atoms with Gasteiger partial charge in [-0.1, -0.05) is 0 Å². The summed E-state index contributed by atoms with van der Waals surface area (Å²) in [5, 5.41) is 8.91. The highest BCUT2D eigenvalue weighted by atomic mass is 16.5. The summed E-state index contributed by atoms with van der Waals surface area (Å²) < 4.78 is 5.80. The molecule has 0 aliphatic carbocycles. The number of hydrogen-bond donors (Lipinski definition) is 0. The van der Waals surface area contributed by atoms with Crippen molar-refractivity contribution in [2.24, 2.45) is 0 Å². The van der Waals surface area contributed by atoms with Crippen LogP contribution in [-0.2, 0) is 4.74 Å². The van der Waals surface area contributed by atoms with Crippen molar-refractivity contribution in [3.05, 3.63) is 0 Å². The fourth-order valence-electron chi connectivity index (χ4n) is 2.68. The Bertz CT molecular complexity index is 296. The van der Waals surface area contributed by atoms with Gasteiger partial charge in [-0.3, -0.25) is 9.80 Å². The van der Waals surface area contributed by atoms with Crippen LogP contribution in [0.3, 0.4) is 0 Å². The highest BCUT2D eigenvalue weighted by molar-refractivity contribution is 4.90. The molecule has 2 atom stereocenters. The molecular formula is C13H24N4O. The van der Waals surface area contributed by atoms with Gasteiger partial charge in [0.1, 0.15) is 0 Å². The Kier molecular flexibility index (Phi) is 4.95. The molecule has 2 rings (SSSR count). The van der Waals surface area contributed by atoms with Crippen molar-refractivity contribution in [1.82, 2.24) is 14.7 Å². The van der Waals surface area contributed by atoms with E-state index in [9.17, 15) is 0 Å². The third kappa shape index (κ3) is 3.66. The van der Waals surface area contributed by atoms with Crippen molar-refractivity contribution < 1.29 is 4.74 Å². The van der Waals surface area contributed by atoms with E-state index in [1.165, 1.54) is 0 Å². The van der Waals surface area contributed by atoms with Gasteiger partial charge in [0.15, 0.2) is 0 Å². The number of ether oxygens (including phenoxy) is 1. The van der Waals surface area contributed by atoms with Crippen LogP contribution in [0.2, 0.25) is 0 Å². The van der Waals surface area contributed by atoms with Crippen molar-refractivity contribution >= 4 is 0 Å². The van der Waals surface area contributed by atoms with E-state index in [1.807, 2.05) is 6.92 Å². The molecule has 0 aromatic rings. The number of hydrogen-bond acceptors (Lipinski definition) is 5. The number of rotatable bonds is 3. The van der Waals surface area contributed by atoms with Crippen LogP contribution in [0.1, 0.15) is 6.92 Å². The summed E-state index contributed by atoms with van der Waals surface area (Å²) in [6.45, 7) is 10.0. The quantitative estimate of drug-likeness (QED) is 0.699. The second-order valence-electron chi connectivity index (χ2n) is 5.40. The van der Waals surface area contributed by atoms with Crippen LogP contribution in [0.5, 0.6) is 0 Å². The Hall–Kier alpha value is -0.670. The van der Waals surface area contributed by atoms with Gasteiger partial charge in [-0.25, -0.2) is 0 Å². The average Bonchev–Trinajstić information content (AvgIpc) is 2.39. The fourth-order valence-corrected chi connectivity index (χ4v) is 2.68. The summed E-state index contributed by atoms with van der Waals surface area (Å²) in [7, 11) is 2.15. The van der Waals surface area contributed by atoms with E-state index in [0.29, 0.717) is 6.10 Å². The van der Waals surface area contributed by atoms with E-state index in [-0.39, 0.29) is 6.04 Å². The standard InChI is InChI=1S/C13H24N4O/c1-12(9-14)17-5-3-16(4-6-17)11-13-10-15(2)7-8-18-13/h12-13H,3-8,10-11H2,1-2H3. The second-order valence-corrected chi connectivity index (χ2v) is 5.40. The van der Waals surface area contributed by atoms with Gasteiger partial charge in [0.25, 0.3) is 0 Å². The molecule has 2 aliphatic rings. The van der Waals surface area contributed by atoms with Crippen LogP contribution >= 0.6 is 0 Å². The van der Waals surface area contributed by atoms with Crippen LogP contribution in [0.4, 0.5) is 0 Å². The van der Waals surface area contributed by atoms with Crippen LogP contribution in [0.15, 0.2) is 0 Å². The van der Waals surface area contributed by atoms with Crippen LogP contribution in [-0.4, -0.2) is 86.3 Å². The Balaban J connectivity index is 1.72. The normalized spacial score (nSPS) is 29.9. The van der Waals surface area contributed by atoms with Gasteiger partial charge in [0.05, 0.1) is 24.8 Å². The largest absolute Gasteiger partial charge is 0.374 e. The minimum Gasteiger partial charge on any atom is -0.374 e. The van der Waals surface area contributed by atoms with Crippen LogP contribution < -0.4 is 0 Å². The molecule has 102 valence electrons. The predicted molar refractivity (Wildman–Crippen MR) is 70.3 cm³/mol. The van der Waals surface area contributed by atoms with E-state index in [0.717, 1.165) is 52.4 Å². The van der Waals surface area contributed by atoms with E-state index in [4.69, 9.17) is 10.00 Å². The van der Waals surface area contributed by atoms with Gasteiger partial charge < -0.3 is 9.64 Å². The smallest absolute Gasteiger partial charge is 0.0950 e. The van der Waals surface area contributed by atoms with Gasteiger partial charge in [-0.15, -0.1) is 0 Å². The highest BCUT2D eigenvalue weighted by Crippen LogP contribution is 2.09. The maximum Gasteiger partial charge on any atom is 0.0950 e. The third-order valence-corrected chi connectivity index (χ3v) is 3.95. The van der Waals surface area contributed by atoms with E-state index in [1.54, 1.807) is 0 Å². The zero-order valence-electron chi connectivity index (χ0n) is 11.5. The molecule has 0 bridgehead atoms. The van der Waals surface area contributed by atoms with Crippen molar-refractivity contribution in [2.75, 3.05) is 59.5 Å². The van der Waals surface area contributed by atoms with E-state index < -0.39 is 0 Å². The monoisotopic (exact) mass is 252 g/mol. The summed E-state index contributed by atoms with van der Waals surface area (Å²) in [5.41, 5.74) is 0. The van der Waals surface area contributed by atoms with Gasteiger partial charge in [0.2, 0.25) is 0 Å². The van der Waals surface area contributed by atoms with Crippen molar-refractivity contribution in [3.63, 3.8) is 0 Å². The number of likely N-dealkylation sites (N-methyl/N-ethyl adjacent to an activating group) is 1. The second kappa shape index (κ2) is 6.48. The fraction of sp³-hybridized carbons (Fsp3) is 0.923. The number of nitrogens with zero attached hydrogens (tertiary/aromatic N) is 4. The van der Waals surface area contributed by atoms with E-state index in [2.05, 4.69) is 27.8 Å². The third-order valence-electron chi connectivity index (χ3n) is 3.95. The van der Waals surface area contributed by atoms with Crippen molar-refractivity contribution in [2.45, 2.75) is 19.1 Å². The molecule has 0 N–H and O–H groups in total. The Morgan fingerprint density at radius 1 is 1.28 bits per heavy atom. The molecule has 2 unspecified atom stereocenters. The zero-order chi connectivity index (χ0) is 13.0. The molecule has 2 heterocycles. The summed E-state index contributed by atoms with van der Waals surface area (Å²) in [5.74, 6) is 0. The van der Waals surface area contributed by atoms with Gasteiger partial charge in [-0.05, 0) is 14.0 Å². The van der Waals surface area contributed by atoms with Crippen LogP contribution in [0, 0.1) is 11.3 Å². The summed E-state index contributed by atoms with van der Waals surface area (Å²) in [4.78, 5) is 7.05. The maximum absolute atomic E-state index is 8.91. The highest BCUT2D eigenvalue weighted by Gasteiger charge is 2.25. The predicted octanol–water partition coefficient (Wildman–Crippen LogP) is -0.153. The number of nitriles is 1. The number of morpholine rings is 1. The first-order chi connectivity index (χ1) is 8.69. The molecule has 2 saturated heterocycles. The summed E-state index contributed by atoms with van der Waals surface area (Å²) in [6.07, 6.45) is 0.351. The SMILES string of the molecule is CC(C#N)N1CCN(CC2CN(C)CCO2)CC1. The first-order valence-corrected chi connectivity index (χ1v) is 6.85. The molecule has 5 heteroatoms. The van der Waals surface area contributed by atoms with Gasteiger partial charge in [-0.2, -0.15) is 5.26 Å². The lowest BCUT2D eigenvalue weighted by Crippen LogP contribution is -2.53. The first kappa shape index (κ1) is 13.8. The average molecular weight is 252 g/mol. The van der Waals surface area contributed by atoms with Gasteiger partial charge in [0, 0.05) is 45.8 Å². The number of piperazine rings is 1. The summed E-state index contributed by atoms with van der Waals surface area (Å²) in [6, 6.07) is 2.36. The topological polar surface area (TPSA) is 42.7 Å². The molecule has 2 aliphatic heterocycles. The first-order valence-electron chi connectivity index (χ1n) is 6.85. The molecule has 0 aromatic carbocycles. The Morgan fingerprint density at radius 3 is 2.61 bits per heavy atom. The lowest BCUT2D eigenvalue weighted by atomic mass is 10.2. The molecular weight excluding hydrogens is 228 g/mol. The molecule has 0 aromatic heterocycles. The zero-order valence-corrected chi connectivity index (χ0v) is 11.5. The molecule has 0 radical (unpaired) electrons. The van der Waals surface area contributed by atoms with Crippen molar-refractivity contribution in [1.29, 1.82) is 5.26 Å². The van der Waals surface area contributed by atoms with E-state index >= 15 is 0 Å². The molecule has 2 fully saturated rings. The van der Waals surface area contributed by atoms with Crippen molar-refractivity contribution in [3.8, 4) is 6.07 Å². The Labute approximate surface area is 110 Å². The Morgan fingerprint density at radius 2 is 2.00 bits per heavy atom. The maximum atomic E-state index is 8.91. The van der Waals surface area contributed by atoms with Crippen LogP contribution in [0.25, 0.3) is 0 Å². The summed E-state index contributed by atoms with van der Waals surface area (Å²) >= 11 is 0. The lowest BCUT2D eigenvalue weighted by Gasteiger charge is -2.39. The minimum atomic E-state index is 0.0456. The minimum absolute atomic E-state index is 0.0456. The molecule has 18 heavy (non-hydrogen) atoms. The van der Waals surface area contributed by atoms with Gasteiger partial charge >= 0.3 is 0 Å². The molecule has 0 amide bonds.